The van der Waals surface area contributed by atoms with Gasteiger partial charge in [0.2, 0.25) is 0 Å². The molecule has 2 heteroatoms. The molecule has 0 aliphatic heterocycles. The van der Waals surface area contributed by atoms with Crippen molar-refractivity contribution in [3.05, 3.63) is 35.1 Å². The summed E-state index contributed by atoms with van der Waals surface area (Å²) in [6.07, 6.45) is 0. The Labute approximate surface area is 84.5 Å². The average molecular weight is 191 g/mol. The maximum absolute atomic E-state index is 13.1. The Morgan fingerprint density at radius 1 is 1.36 bits per heavy atom. The van der Waals surface area contributed by atoms with Crippen LogP contribution in [0.3, 0.4) is 0 Å². The number of nitrogens with zero attached hydrogens (tertiary/aromatic N) is 1. The normalized spacial score (nSPS) is 9.79. The molecule has 0 atom stereocenters. The van der Waals surface area contributed by atoms with E-state index < -0.39 is 0 Å². The van der Waals surface area contributed by atoms with Crippen molar-refractivity contribution in [2.75, 3.05) is 20.6 Å². The van der Waals surface area contributed by atoms with Gasteiger partial charge < -0.3 is 0 Å². The fourth-order valence-electron chi connectivity index (χ4n) is 0.970. The SMILES string of the molecule is Cc1ccc(C#CCN(C)C)cc1F. The molecule has 0 saturated heterocycles. The number of hydrogen-bond donors (Lipinski definition) is 0. The minimum atomic E-state index is -0.193. The number of hydrogen-bond acceptors (Lipinski definition) is 1. The Morgan fingerprint density at radius 2 is 2.07 bits per heavy atom. The zero-order chi connectivity index (χ0) is 10.6. The van der Waals surface area contributed by atoms with Gasteiger partial charge in [0.1, 0.15) is 5.82 Å². The van der Waals surface area contributed by atoms with Crippen molar-refractivity contribution in [2.24, 2.45) is 0 Å². The minimum absolute atomic E-state index is 0.193. The molecule has 1 rings (SSSR count). The fourth-order valence-corrected chi connectivity index (χ4v) is 0.970. The van der Waals surface area contributed by atoms with Gasteiger partial charge in [-0.1, -0.05) is 17.9 Å². The molecular formula is C12H14FN. The standard InChI is InChI=1S/C12H14FN/c1-10-6-7-11(9-12(10)13)5-4-8-14(2)3/h6-7,9H,8H2,1-3H3. The predicted octanol–water partition coefficient (Wildman–Crippen LogP) is 2.05. The van der Waals surface area contributed by atoms with Gasteiger partial charge in [-0.2, -0.15) is 0 Å². The van der Waals surface area contributed by atoms with Crippen LogP contribution in [0.15, 0.2) is 18.2 Å². The molecule has 0 unspecified atom stereocenters. The van der Waals surface area contributed by atoms with Crippen LogP contribution in [0.2, 0.25) is 0 Å². The van der Waals surface area contributed by atoms with E-state index in [1.807, 2.05) is 25.1 Å². The van der Waals surface area contributed by atoms with E-state index in [4.69, 9.17) is 0 Å². The Hall–Kier alpha value is -1.33. The van der Waals surface area contributed by atoms with Gasteiger partial charge in [0.25, 0.3) is 0 Å². The highest BCUT2D eigenvalue weighted by atomic mass is 19.1. The maximum Gasteiger partial charge on any atom is 0.127 e. The molecule has 0 saturated carbocycles. The maximum atomic E-state index is 13.1. The van der Waals surface area contributed by atoms with Gasteiger partial charge >= 0.3 is 0 Å². The van der Waals surface area contributed by atoms with Gasteiger partial charge in [-0.3, -0.25) is 4.90 Å². The van der Waals surface area contributed by atoms with Crippen LogP contribution in [0, 0.1) is 24.6 Å². The van der Waals surface area contributed by atoms with Crippen LogP contribution in [-0.4, -0.2) is 25.5 Å². The third-order valence-corrected chi connectivity index (χ3v) is 1.80. The summed E-state index contributed by atoms with van der Waals surface area (Å²) < 4.78 is 13.1. The van der Waals surface area contributed by atoms with Crippen molar-refractivity contribution in [1.82, 2.24) is 4.90 Å². The summed E-state index contributed by atoms with van der Waals surface area (Å²) in [5.74, 6) is 5.68. The highest BCUT2D eigenvalue weighted by Gasteiger charge is 1.95. The summed E-state index contributed by atoms with van der Waals surface area (Å²) in [5.41, 5.74) is 1.39. The van der Waals surface area contributed by atoms with Crippen LogP contribution in [-0.2, 0) is 0 Å². The first-order valence-electron chi connectivity index (χ1n) is 4.49. The first kappa shape index (κ1) is 10.7. The second-order valence-electron chi connectivity index (χ2n) is 3.50. The Bertz CT molecular complexity index is 372. The Balaban J connectivity index is 2.76. The van der Waals surface area contributed by atoms with Gasteiger partial charge in [-0.05, 0) is 38.7 Å². The molecular weight excluding hydrogens is 177 g/mol. The third-order valence-electron chi connectivity index (χ3n) is 1.80. The molecule has 0 amide bonds. The van der Waals surface area contributed by atoms with Crippen LogP contribution < -0.4 is 0 Å². The predicted molar refractivity (Wildman–Crippen MR) is 56.6 cm³/mol. The van der Waals surface area contributed by atoms with Gasteiger partial charge in [0.05, 0.1) is 6.54 Å². The Morgan fingerprint density at radius 3 is 2.64 bits per heavy atom. The van der Waals surface area contributed by atoms with Crippen LogP contribution >= 0.6 is 0 Å². The van der Waals surface area contributed by atoms with E-state index in [2.05, 4.69) is 11.8 Å². The molecule has 0 spiro atoms. The molecule has 0 N–H and O–H groups in total. The monoisotopic (exact) mass is 191 g/mol. The summed E-state index contributed by atoms with van der Waals surface area (Å²) in [7, 11) is 3.90. The molecule has 0 heterocycles. The van der Waals surface area contributed by atoms with Gasteiger partial charge in [-0.15, -0.1) is 0 Å². The van der Waals surface area contributed by atoms with E-state index >= 15 is 0 Å². The van der Waals surface area contributed by atoms with Crippen LogP contribution in [0.4, 0.5) is 4.39 Å². The largest absolute Gasteiger partial charge is 0.299 e. The highest BCUT2D eigenvalue weighted by Crippen LogP contribution is 2.07. The van der Waals surface area contributed by atoms with Gasteiger partial charge in [0, 0.05) is 5.56 Å². The van der Waals surface area contributed by atoms with E-state index in [1.165, 1.54) is 6.07 Å². The van der Waals surface area contributed by atoms with E-state index in [0.717, 1.165) is 5.56 Å². The highest BCUT2D eigenvalue weighted by molar-refractivity contribution is 5.36. The third kappa shape index (κ3) is 3.20. The lowest BCUT2D eigenvalue weighted by molar-refractivity contribution is 0.464. The molecule has 1 aromatic rings. The number of halogens is 1. The first-order valence-corrected chi connectivity index (χ1v) is 4.49. The molecule has 0 radical (unpaired) electrons. The second kappa shape index (κ2) is 4.78. The van der Waals surface area contributed by atoms with E-state index in [1.54, 1.807) is 13.0 Å². The fraction of sp³-hybridized carbons (Fsp3) is 0.333. The van der Waals surface area contributed by atoms with Crippen molar-refractivity contribution < 1.29 is 4.39 Å². The van der Waals surface area contributed by atoms with E-state index in [0.29, 0.717) is 12.1 Å². The lowest BCUT2D eigenvalue weighted by Gasteiger charge is -2.01. The van der Waals surface area contributed by atoms with Crippen molar-refractivity contribution in [2.45, 2.75) is 6.92 Å². The molecule has 0 aliphatic carbocycles. The zero-order valence-electron chi connectivity index (χ0n) is 8.76. The van der Waals surface area contributed by atoms with Crippen molar-refractivity contribution in [3.63, 3.8) is 0 Å². The summed E-state index contributed by atoms with van der Waals surface area (Å²) in [5, 5.41) is 0. The summed E-state index contributed by atoms with van der Waals surface area (Å²) >= 11 is 0. The van der Waals surface area contributed by atoms with Crippen LogP contribution in [0.5, 0.6) is 0 Å². The molecule has 0 aliphatic rings. The topological polar surface area (TPSA) is 3.24 Å². The summed E-state index contributed by atoms with van der Waals surface area (Å²) in [6, 6.07) is 5.05. The quantitative estimate of drug-likeness (QED) is 0.614. The smallest absolute Gasteiger partial charge is 0.127 e. The molecule has 0 fully saturated rings. The number of benzene rings is 1. The molecule has 0 aromatic heterocycles. The van der Waals surface area contributed by atoms with Crippen LogP contribution in [0.1, 0.15) is 11.1 Å². The van der Waals surface area contributed by atoms with Gasteiger partial charge in [-0.25, -0.2) is 4.39 Å². The molecule has 1 nitrogen and oxygen atoms in total. The summed E-state index contributed by atoms with van der Waals surface area (Å²) in [6.45, 7) is 2.43. The first-order chi connectivity index (χ1) is 6.59. The molecule has 74 valence electrons. The molecule has 1 aromatic carbocycles. The second-order valence-corrected chi connectivity index (χ2v) is 3.50. The average Bonchev–Trinajstić information content (AvgIpc) is 2.10. The lowest BCUT2D eigenvalue weighted by atomic mass is 10.1. The van der Waals surface area contributed by atoms with Crippen molar-refractivity contribution >= 4 is 0 Å². The lowest BCUT2D eigenvalue weighted by Crippen LogP contribution is -2.10. The molecule has 0 bridgehead atoms. The van der Waals surface area contributed by atoms with Crippen molar-refractivity contribution in [3.8, 4) is 11.8 Å². The zero-order valence-corrected chi connectivity index (χ0v) is 8.76. The van der Waals surface area contributed by atoms with Gasteiger partial charge in [0.15, 0.2) is 0 Å². The van der Waals surface area contributed by atoms with E-state index in [-0.39, 0.29) is 5.82 Å². The van der Waals surface area contributed by atoms with Crippen molar-refractivity contribution in [1.29, 1.82) is 0 Å². The molecule has 14 heavy (non-hydrogen) atoms. The van der Waals surface area contributed by atoms with E-state index in [9.17, 15) is 4.39 Å². The Kier molecular flexibility index (Phi) is 3.67. The summed E-state index contributed by atoms with van der Waals surface area (Å²) in [4.78, 5) is 1.97. The minimum Gasteiger partial charge on any atom is -0.299 e. The number of rotatable bonds is 1. The number of aryl methyl sites for hydroxylation is 1. The van der Waals surface area contributed by atoms with Crippen LogP contribution in [0.25, 0.3) is 0 Å².